The molecule has 13 rings (SSSR count). The number of hydrogen-bond donors (Lipinski definition) is 0. The van der Waals surface area contributed by atoms with Crippen molar-refractivity contribution in [3.8, 4) is 33.4 Å². The number of rotatable bonds is 7. The van der Waals surface area contributed by atoms with Crippen LogP contribution in [0.15, 0.2) is 241 Å². The molecule has 64 heavy (non-hydrogen) atoms. The van der Waals surface area contributed by atoms with E-state index >= 15 is 0 Å². The van der Waals surface area contributed by atoms with Crippen molar-refractivity contribution >= 4 is 70.5 Å². The largest absolute Gasteiger partial charge is 0.456 e. The van der Waals surface area contributed by atoms with E-state index in [0.29, 0.717) is 0 Å². The first-order valence-corrected chi connectivity index (χ1v) is 22.7. The Morgan fingerprint density at radius 2 is 0.859 bits per heavy atom. The van der Waals surface area contributed by atoms with E-state index in [1.807, 2.05) is 23.5 Å². The molecule has 1 aliphatic rings. The second-order valence-electron chi connectivity index (χ2n) is 16.8. The number of benzene rings is 10. The highest BCUT2D eigenvalue weighted by Gasteiger charge is 2.46. The summed E-state index contributed by atoms with van der Waals surface area (Å²) >= 11 is 1.86. The minimum atomic E-state index is -0.464. The van der Waals surface area contributed by atoms with Crippen LogP contribution in [-0.2, 0) is 5.41 Å². The van der Waals surface area contributed by atoms with Gasteiger partial charge in [-0.2, -0.15) is 0 Å². The molecule has 0 amide bonds. The van der Waals surface area contributed by atoms with Crippen LogP contribution >= 0.6 is 11.3 Å². The molecule has 0 saturated carbocycles. The Morgan fingerprint density at radius 1 is 0.328 bits per heavy atom. The molecule has 0 aliphatic heterocycles. The maximum atomic E-state index is 6.32. The number of thiophene rings is 1. The van der Waals surface area contributed by atoms with Crippen LogP contribution in [0.4, 0.5) is 17.1 Å². The first-order chi connectivity index (χ1) is 31.7. The third-order valence-electron chi connectivity index (χ3n) is 13.4. The predicted molar refractivity (Wildman–Crippen MR) is 269 cm³/mol. The van der Waals surface area contributed by atoms with Gasteiger partial charge < -0.3 is 9.32 Å². The minimum Gasteiger partial charge on any atom is -0.456 e. The van der Waals surface area contributed by atoms with Gasteiger partial charge in [-0.3, -0.25) is 0 Å². The molecule has 2 nitrogen and oxygen atoms in total. The van der Waals surface area contributed by atoms with Gasteiger partial charge in [0.15, 0.2) is 0 Å². The lowest BCUT2D eigenvalue weighted by atomic mass is 9.68. The summed E-state index contributed by atoms with van der Waals surface area (Å²) < 4.78 is 8.98. The molecule has 0 bridgehead atoms. The van der Waals surface area contributed by atoms with Crippen LogP contribution < -0.4 is 4.90 Å². The van der Waals surface area contributed by atoms with E-state index in [0.717, 1.165) is 39.0 Å². The fraction of sp³-hybridized carbons (Fsp3) is 0.0164. The zero-order valence-corrected chi connectivity index (χ0v) is 35.6. The first kappa shape index (κ1) is 36.7. The Hall–Kier alpha value is -7.98. The van der Waals surface area contributed by atoms with Crippen LogP contribution in [-0.4, -0.2) is 0 Å². The molecule has 2 aromatic heterocycles. The lowest BCUT2D eigenvalue weighted by Crippen LogP contribution is -2.28. The summed E-state index contributed by atoms with van der Waals surface area (Å²) in [5.41, 5.74) is 16.9. The van der Waals surface area contributed by atoms with Crippen LogP contribution in [0.5, 0.6) is 0 Å². The van der Waals surface area contributed by atoms with Gasteiger partial charge >= 0.3 is 0 Å². The van der Waals surface area contributed by atoms with Crippen LogP contribution in [0.3, 0.4) is 0 Å². The topological polar surface area (TPSA) is 16.4 Å². The number of para-hydroxylation sites is 1. The number of hydrogen-bond acceptors (Lipinski definition) is 3. The van der Waals surface area contributed by atoms with E-state index in [1.54, 1.807) is 0 Å². The molecular formula is C61H39NOS. The van der Waals surface area contributed by atoms with Gasteiger partial charge in [0.25, 0.3) is 0 Å². The van der Waals surface area contributed by atoms with Gasteiger partial charge in [-0.05, 0) is 122 Å². The third kappa shape index (κ3) is 5.64. The Kier molecular flexibility index (Phi) is 8.34. The predicted octanol–water partition coefficient (Wildman–Crippen LogP) is 17.1. The Labute approximate surface area is 375 Å². The molecule has 0 fully saturated rings. The summed E-state index contributed by atoms with van der Waals surface area (Å²) in [7, 11) is 0. The Bertz CT molecular complexity index is 3670. The molecule has 0 atom stereocenters. The molecule has 2 heterocycles. The van der Waals surface area contributed by atoms with E-state index in [-0.39, 0.29) is 0 Å². The third-order valence-corrected chi connectivity index (χ3v) is 14.5. The van der Waals surface area contributed by atoms with E-state index in [1.165, 1.54) is 75.8 Å². The maximum absolute atomic E-state index is 6.32. The summed E-state index contributed by atoms with van der Waals surface area (Å²) in [5, 5.41) is 4.85. The van der Waals surface area contributed by atoms with Crippen LogP contribution in [0.25, 0.3) is 75.5 Å². The molecule has 0 N–H and O–H groups in total. The van der Waals surface area contributed by atoms with E-state index < -0.39 is 5.41 Å². The van der Waals surface area contributed by atoms with E-state index in [2.05, 4.69) is 229 Å². The second kappa shape index (κ2) is 14.6. The average Bonchev–Trinajstić information content (AvgIpc) is 4.03. The molecule has 3 heteroatoms. The summed E-state index contributed by atoms with van der Waals surface area (Å²) in [6.07, 6.45) is 0. The number of furan rings is 1. The van der Waals surface area contributed by atoms with Crippen molar-refractivity contribution in [2.75, 3.05) is 4.90 Å². The van der Waals surface area contributed by atoms with Crippen molar-refractivity contribution < 1.29 is 4.42 Å². The van der Waals surface area contributed by atoms with E-state index in [9.17, 15) is 0 Å². The molecule has 0 spiro atoms. The van der Waals surface area contributed by atoms with Gasteiger partial charge in [0.05, 0.1) is 5.41 Å². The molecule has 10 aromatic carbocycles. The van der Waals surface area contributed by atoms with Gasteiger partial charge in [0.1, 0.15) is 11.2 Å². The van der Waals surface area contributed by atoms with Gasteiger partial charge in [-0.1, -0.05) is 170 Å². The van der Waals surface area contributed by atoms with Crippen molar-refractivity contribution in [2.45, 2.75) is 5.41 Å². The highest BCUT2D eigenvalue weighted by Crippen LogP contribution is 2.57. The molecule has 1 aliphatic carbocycles. The first-order valence-electron chi connectivity index (χ1n) is 21.9. The van der Waals surface area contributed by atoms with Crippen LogP contribution in [0.2, 0.25) is 0 Å². The van der Waals surface area contributed by atoms with Gasteiger partial charge in [0, 0.05) is 48.0 Å². The van der Waals surface area contributed by atoms with Crippen molar-refractivity contribution in [3.63, 3.8) is 0 Å². The van der Waals surface area contributed by atoms with Crippen LogP contribution in [0.1, 0.15) is 22.3 Å². The molecular weight excluding hydrogens is 795 g/mol. The summed E-state index contributed by atoms with van der Waals surface area (Å²) in [5.74, 6) is 0. The number of nitrogens with zero attached hydrogens (tertiary/aromatic N) is 1. The normalized spacial score (nSPS) is 12.8. The minimum absolute atomic E-state index is 0.464. The fourth-order valence-corrected chi connectivity index (χ4v) is 11.5. The quantitative estimate of drug-likeness (QED) is 0.159. The van der Waals surface area contributed by atoms with Crippen LogP contribution in [0, 0.1) is 0 Å². The second-order valence-corrected chi connectivity index (χ2v) is 17.9. The standard InChI is InChI=1S/C61H39NOS/c1-3-13-44(14-4-1)61(45-15-5-2-6-16-45)55-20-10-7-17-49(55)52-38-47(32-34-56(52)61)62(48-33-35-58-53(39-48)50-18-8-11-21-57(50)63-58)46-30-27-41(28-31-46)40-23-25-42(26-24-40)43-29-36-60-54(37-43)51-19-9-12-22-59(51)64-60/h1-39H. The van der Waals surface area contributed by atoms with Gasteiger partial charge in [-0.25, -0.2) is 0 Å². The number of anilines is 3. The average molecular weight is 834 g/mol. The van der Waals surface area contributed by atoms with Gasteiger partial charge in [0.2, 0.25) is 0 Å². The van der Waals surface area contributed by atoms with Gasteiger partial charge in [-0.15, -0.1) is 11.3 Å². The zero-order valence-electron chi connectivity index (χ0n) is 34.8. The molecule has 12 aromatic rings. The molecule has 0 unspecified atom stereocenters. The fourth-order valence-electron chi connectivity index (χ4n) is 10.4. The van der Waals surface area contributed by atoms with Crippen molar-refractivity contribution in [1.29, 1.82) is 0 Å². The lowest BCUT2D eigenvalue weighted by Gasteiger charge is -2.34. The zero-order chi connectivity index (χ0) is 42.2. The van der Waals surface area contributed by atoms with Crippen molar-refractivity contribution in [2.24, 2.45) is 0 Å². The highest BCUT2D eigenvalue weighted by atomic mass is 32.1. The number of fused-ring (bicyclic) bond motifs is 9. The van der Waals surface area contributed by atoms with E-state index in [4.69, 9.17) is 4.42 Å². The van der Waals surface area contributed by atoms with Crippen molar-refractivity contribution in [3.05, 3.63) is 259 Å². The molecule has 300 valence electrons. The lowest BCUT2D eigenvalue weighted by molar-refractivity contribution is 0.669. The monoisotopic (exact) mass is 833 g/mol. The molecule has 0 saturated heterocycles. The Balaban J connectivity index is 0.930. The highest BCUT2D eigenvalue weighted by molar-refractivity contribution is 7.25. The molecule has 0 radical (unpaired) electrons. The van der Waals surface area contributed by atoms with Crippen molar-refractivity contribution in [1.82, 2.24) is 0 Å². The smallest absolute Gasteiger partial charge is 0.135 e. The Morgan fingerprint density at radius 3 is 1.62 bits per heavy atom. The summed E-state index contributed by atoms with van der Waals surface area (Å²) in [6, 6.07) is 86.6. The summed E-state index contributed by atoms with van der Waals surface area (Å²) in [6.45, 7) is 0. The summed E-state index contributed by atoms with van der Waals surface area (Å²) in [4.78, 5) is 2.40. The maximum Gasteiger partial charge on any atom is 0.135 e. The SMILES string of the molecule is c1ccc(C2(c3ccccc3)c3ccccc3-c3cc(N(c4ccc(-c5ccc(-c6ccc7sc8ccccc8c7c6)cc5)cc4)c4ccc5oc6ccccc6c5c4)ccc32)cc1.